The first-order valence-electron chi connectivity index (χ1n) is 8.92. The first kappa shape index (κ1) is 21.3. The molecule has 0 N–H and O–H groups in total. The van der Waals surface area contributed by atoms with Crippen LogP contribution in [0.15, 0.2) is 12.2 Å². The second-order valence-electron chi connectivity index (χ2n) is 5.72. The molecule has 128 valence electrons. The van der Waals surface area contributed by atoms with Crippen LogP contribution >= 0.6 is 0 Å². The lowest BCUT2D eigenvalue weighted by Gasteiger charge is -2.14. The fourth-order valence-electron chi connectivity index (χ4n) is 2.32. The quantitative estimate of drug-likeness (QED) is 0.196. The summed E-state index contributed by atoms with van der Waals surface area (Å²) in [6, 6.07) is 0. The molecule has 2 nitrogen and oxygen atoms in total. The highest BCUT2D eigenvalue weighted by molar-refractivity contribution is 5.69. The van der Waals surface area contributed by atoms with Crippen LogP contribution in [0.5, 0.6) is 0 Å². The topological polar surface area (TPSA) is 26.3 Å². The van der Waals surface area contributed by atoms with E-state index in [4.69, 9.17) is 11.2 Å². The molecular weight excluding hydrogens is 284 g/mol. The van der Waals surface area contributed by atoms with E-state index in [1.54, 1.807) is 0 Å². The summed E-state index contributed by atoms with van der Waals surface area (Å²) in [6.45, 7) is 3.94. The van der Waals surface area contributed by atoms with Crippen molar-refractivity contribution in [2.45, 2.75) is 90.6 Å². The Labute approximate surface area is 143 Å². The van der Waals surface area contributed by atoms with E-state index in [0.717, 1.165) is 38.5 Å². The number of carbonyl (C=O) groups excluding carboxylic acids is 1. The van der Waals surface area contributed by atoms with Crippen LogP contribution in [0.1, 0.15) is 84.5 Å². The van der Waals surface area contributed by atoms with Gasteiger partial charge < -0.3 is 4.74 Å². The van der Waals surface area contributed by atoms with Gasteiger partial charge in [0.1, 0.15) is 6.10 Å². The normalized spacial score (nSPS) is 11.5. The van der Waals surface area contributed by atoms with Gasteiger partial charge in [-0.25, -0.2) is 0 Å². The summed E-state index contributed by atoms with van der Waals surface area (Å²) in [7, 11) is 0. The van der Waals surface area contributed by atoms with E-state index in [-0.39, 0.29) is 12.1 Å². The summed E-state index contributed by atoms with van der Waals surface area (Å²) >= 11 is 0. The van der Waals surface area contributed by atoms with Crippen molar-refractivity contribution in [2.75, 3.05) is 0 Å². The van der Waals surface area contributed by atoms with E-state index >= 15 is 0 Å². The van der Waals surface area contributed by atoms with E-state index in [2.05, 4.69) is 36.8 Å². The SMILES string of the molecule is C#CC[C@@H](CCC)OC(=O)CCCCCCC/C=C/CC#CC. The minimum absolute atomic E-state index is 0.0957. The molecule has 0 aliphatic heterocycles. The molecule has 0 bridgehead atoms. The third kappa shape index (κ3) is 15.0. The Morgan fingerprint density at radius 3 is 2.61 bits per heavy atom. The summed E-state index contributed by atoms with van der Waals surface area (Å²) in [6.07, 6.45) is 20.0. The molecular formula is C21H32O2. The van der Waals surface area contributed by atoms with Gasteiger partial charge in [-0.3, -0.25) is 4.79 Å². The average Bonchev–Trinajstić information content (AvgIpc) is 2.53. The first-order chi connectivity index (χ1) is 11.2. The predicted molar refractivity (Wildman–Crippen MR) is 97.8 cm³/mol. The summed E-state index contributed by atoms with van der Waals surface area (Å²) in [5.74, 6) is 8.38. The molecule has 0 aliphatic carbocycles. The maximum atomic E-state index is 11.8. The van der Waals surface area contributed by atoms with Crippen molar-refractivity contribution in [3.05, 3.63) is 12.2 Å². The van der Waals surface area contributed by atoms with Gasteiger partial charge in [0.25, 0.3) is 0 Å². The van der Waals surface area contributed by atoms with Gasteiger partial charge in [0.15, 0.2) is 0 Å². The highest BCUT2D eigenvalue weighted by Crippen LogP contribution is 2.11. The molecule has 2 heteroatoms. The van der Waals surface area contributed by atoms with Crippen LogP contribution in [-0.4, -0.2) is 12.1 Å². The van der Waals surface area contributed by atoms with Crippen LogP contribution in [0.25, 0.3) is 0 Å². The molecule has 1 atom stereocenters. The lowest BCUT2D eigenvalue weighted by molar-refractivity contribution is -0.149. The fourth-order valence-corrected chi connectivity index (χ4v) is 2.32. The smallest absolute Gasteiger partial charge is 0.306 e. The highest BCUT2D eigenvalue weighted by atomic mass is 16.5. The van der Waals surface area contributed by atoms with Crippen molar-refractivity contribution < 1.29 is 9.53 Å². The molecule has 0 radical (unpaired) electrons. The largest absolute Gasteiger partial charge is 0.461 e. The van der Waals surface area contributed by atoms with E-state index in [9.17, 15) is 4.79 Å². The molecule has 0 rings (SSSR count). The second kappa shape index (κ2) is 16.7. The predicted octanol–water partition coefficient (Wildman–Crippen LogP) is 5.42. The Bertz CT molecular complexity index is 417. The number of terminal acetylenes is 1. The molecule has 23 heavy (non-hydrogen) atoms. The third-order valence-corrected chi connectivity index (χ3v) is 3.57. The average molecular weight is 316 g/mol. The van der Waals surface area contributed by atoms with Gasteiger partial charge in [-0.2, -0.15) is 0 Å². The monoisotopic (exact) mass is 316 g/mol. The van der Waals surface area contributed by atoms with Crippen LogP contribution in [-0.2, 0) is 9.53 Å². The zero-order chi connectivity index (χ0) is 17.2. The van der Waals surface area contributed by atoms with Crippen LogP contribution in [0.3, 0.4) is 0 Å². The molecule has 0 aromatic rings. The van der Waals surface area contributed by atoms with Gasteiger partial charge in [-0.15, -0.1) is 18.3 Å². The molecule has 0 amide bonds. The first-order valence-corrected chi connectivity index (χ1v) is 8.92. The van der Waals surface area contributed by atoms with Gasteiger partial charge in [0.2, 0.25) is 0 Å². The number of hydrogen-bond donors (Lipinski definition) is 0. The fraction of sp³-hybridized carbons (Fsp3) is 0.667. The molecule has 0 unspecified atom stereocenters. The third-order valence-electron chi connectivity index (χ3n) is 3.57. The number of ether oxygens (including phenoxy) is 1. The van der Waals surface area contributed by atoms with Crippen molar-refractivity contribution in [3.8, 4) is 24.2 Å². The van der Waals surface area contributed by atoms with Gasteiger partial charge in [0, 0.05) is 19.3 Å². The van der Waals surface area contributed by atoms with Crippen molar-refractivity contribution >= 4 is 5.97 Å². The van der Waals surface area contributed by atoms with Gasteiger partial charge in [-0.05, 0) is 32.6 Å². The molecule has 0 aliphatic rings. The van der Waals surface area contributed by atoms with E-state index < -0.39 is 0 Å². The summed E-state index contributed by atoms with van der Waals surface area (Å²) in [5, 5.41) is 0. The second-order valence-corrected chi connectivity index (χ2v) is 5.72. The number of hydrogen-bond acceptors (Lipinski definition) is 2. The summed E-state index contributed by atoms with van der Waals surface area (Å²) in [5.41, 5.74) is 0. The van der Waals surface area contributed by atoms with Crippen molar-refractivity contribution in [3.63, 3.8) is 0 Å². The van der Waals surface area contributed by atoms with Gasteiger partial charge in [0.05, 0.1) is 0 Å². The number of allylic oxidation sites excluding steroid dienone is 2. The Kier molecular flexibility index (Phi) is 15.5. The Morgan fingerprint density at radius 2 is 1.91 bits per heavy atom. The lowest BCUT2D eigenvalue weighted by Crippen LogP contribution is -2.17. The molecule has 0 fully saturated rings. The minimum Gasteiger partial charge on any atom is -0.461 e. The van der Waals surface area contributed by atoms with E-state index in [0.29, 0.717) is 12.8 Å². The number of rotatable bonds is 13. The van der Waals surface area contributed by atoms with Crippen molar-refractivity contribution in [2.24, 2.45) is 0 Å². The molecule has 0 heterocycles. The van der Waals surface area contributed by atoms with E-state index in [1.807, 2.05) is 6.92 Å². The maximum Gasteiger partial charge on any atom is 0.306 e. The van der Waals surface area contributed by atoms with Crippen LogP contribution in [0, 0.1) is 24.2 Å². The molecule has 0 aromatic carbocycles. The summed E-state index contributed by atoms with van der Waals surface area (Å²) in [4.78, 5) is 11.8. The Hall–Kier alpha value is -1.67. The zero-order valence-electron chi connectivity index (χ0n) is 14.9. The van der Waals surface area contributed by atoms with Crippen LogP contribution in [0.2, 0.25) is 0 Å². The number of unbranched alkanes of at least 4 members (excludes halogenated alkanes) is 5. The summed E-state index contributed by atoms with van der Waals surface area (Å²) < 4.78 is 5.42. The van der Waals surface area contributed by atoms with E-state index in [1.165, 1.54) is 19.3 Å². The van der Waals surface area contributed by atoms with Crippen molar-refractivity contribution in [1.29, 1.82) is 0 Å². The standard InChI is InChI=1S/C21H32O2/c1-4-7-8-9-10-11-12-13-14-15-16-19-21(22)23-20(17-5-2)18-6-3/h2,9-10,20H,6,8,11-19H2,1,3H3/b10-9+/t20-/m0/s1. The van der Waals surface area contributed by atoms with Crippen molar-refractivity contribution in [1.82, 2.24) is 0 Å². The Morgan fingerprint density at radius 1 is 1.17 bits per heavy atom. The van der Waals surface area contributed by atoms with Crippen LogP contribution in [0.4, 0.5) is 0 Å². The molecule has 0 spiro atoms. The zero-order valence-corrected chi connectivity index (χ0v) is 14.9. The number of esters is 1. The number of carbonyl (C=O) groups is 1. The maximum absolute atomic E-state index is 11.8. The highest BCUT2D eigenvalue weighted by Gasteiger charge is 2.12. The molecule has 0 saturated heterocycles. The Balaban J connectivity index is 3.52. The molecule has 0 aromatic heterocycles. The van der Waals surface area contributed by atoms with Gasteiger partial charge >= 0.3 is 5.97 Å². The van der Waals surface area contributed by atoms with Gasteiger partial charge in [-0.1, -0.05) is 50.7 Å². The lowest BCUT2D eigenvalue weighted by atomic mass is 10.1. The minimum atomic E-state index is -0.0985. The molecule has 0 saturated carbocycles. The van der Waals surface area contributed by atoms with Crippen LogP contribution < -0.4 is 0 Å².